The molecule has 11 heteroatoms. The van der Waals surface area contributed by atoms with Gasteiger partial charge in [0.05, 0.1) is 23.1 Å². The van der Waals surface area contributed by atoms with E-state index in [2.05, 4.69) is 20.0 Å². The van der Waals surface area contributed by atoms with E-state index in [1.807, 2.05) is 0 Å². The second-order valence-electron chi connectivity index (χ2n) is 6.90. The summed E-state index contributed by atoms with van der Waals surface area (Å²) in [5.74, 6) is -2.02. The Balaban J connectivity index is 1.48. The van der Waals surface area contributed by atoms with E-state index in [0.717, 1.165) is 12.1 Å². The van der Waals surface area contributed by atoms with Gasteiger partial charge < -0.3 is 19.9 Å². The van der Waals surface area contributed by atoms with Crippen molar-refractivity contribution in [1.29, 1.82) is 0 Å². The Bertz CT molecular complexity index is 1220. The summed E-state index contributed by atoms with van der Waals surface area (Å²) in [5, 5.41) is 2.96. The van der Waals surface area contributed by atoms with Crippen LogP contribution in [-0.2, 0) is 9.59 Å². The van der Waals surface area contributed by atoms with Crippen molar-refractivity contribution in [1.82, 2.24) is 9.97 Å². The first-order valence-electron chi connectivity index (χ1n) is 9.14. The van der Waals surface area contributed by atoms with Gasteiger partial charge in [0.25, 0.3) is 5.56 Å². The fraction of sp³-hybridized carbons (Fsp3) is 0.200. The first-order valence-corrected chi connectivity index (χ1v) is 9.14. The molecule has 0 radical (unpaired) electrons. The van der Waals surface area contributed by atoms with Crippen molar-refractivity contribution in [3.05, 3.63) is 59.1 Å². The smallest absolute Gasteiger partial charge is 0.406 e. The van der Waals surface area contributed by atoms with Crippen molar-refractivity contribution >= 4 is 34.1 Å². The number of hydrogen-bond donors (Lipinski definition) is 2. The summed E-state index contributed by atoms with van der Waals surface area (Å²) in [6, 6.07) is 9.65. The molecule has 8 nitrogen and oxygen atoms in total. The van der Waals surface area contributed by atoms with Crippen LogP contribution < -0.4 is 20.5 Å². The minimum absolute atomic E-state index is 0.00411. The average Bonchev–Trinajstić information content (AvgIpc) is 3.09. The molecule has 2 N–H and O–H groups in total. The number of hydrogen-bond acceptors (Lipinski definition) is 5. The van der Waals surface area contributed by atoms with Gasteiger partial charge in [-0.15, -0.1) is 13.2 Å². The number of anilines is 2. The summed E-state index contributed by atoms with van der Waals surface area (Å²) >= 11 is 0. The molecule has 1 unspecified atom stereocenters. The molecule has 0 spiro atoms. The maximum absolute atomic E-state index is 12.6. The van der Waals surface area contributed by atoms with Gasteiger partial charge in [-0.2, -0.15) is 0 Å². The minimum atomic E-state index is -4.85. The predicted octanol–water partition coefficient (Wildman–Crippen LogP) is 2.81. The predicted molar refractivity (Wildman–Crippen MR) is 105 cm³/mol. The molecule has 2 aromatic carbocycles. The van der Waals surface area contributed by atoms with Crippen molar-refractivity contribution < 1.29 is 27.5 Å². The van der Waals surface area contributed by atoms with Crippen molar-refractivity contribution in [2.75, 3.05) is 16.8 Å². The Hall–Kier alpha value is -3.89. The zero-order valence-electron chi connectivity index (χ0n) is 15.8. The third kappa shape index (κ3) is 4.49. The monoisotopic (exact) mass is 432 g/mol. The van der Waals surface area contributed by atoms with Crippen LogP contribution >= 0.6 is 0 Å². The van der Waals surface area contributed by atoms with Gasteiger partial charge in [0.1, 0.15) is 5.75 Å². The van der Waals surface area contributed by atoms with E-state index in [1.54, 1.807) is 12.1 Å². The van der Waals surface area contributed by atoms with Crippen LogP contribution in [0.5, 0.6) is 5.75 Å². The second kappa shape index (κ2) is 7.74. The van der Waals surface area contributed by atoms with Gasteiger partial charge >= 0.3 is 6.36 Å². The van der Waals surface area contributed by atoms with Crippen LogP contribution in [0.15, 0.2) is 53.6 Å². The normalized spacial score (nSPS) is 16.5. The van der Waals surface area contributed by atoms with Crippen LogP contribution in [0, 0.1) is 5.92 Å². The van der Waals surface area contributed by atoms with Crippen molar-refractivity contribution in [2.24, 2.45) is 5.92 Å². The standard InChI is InChI=1S/C20H15F3N4O4/c21-20(22,23)31-14-3-1-2-13(8-14)27-9-11(6-17(27)28)18(29)26-12-4-5-16-15(7-12)19(30)25-10-24-16/h1-5,7-8,10-11H,6,9H2,(H,26,29)(H,24,25,30). The van der Waals surface area contributed by atoms with Gasteiger partial charge in [-0.25, -0.2) is 4.98 Å². The molecule has 4 rings (SSSR count). The zero-order valence-corrected chi connectivity index (χ0v) is 15.8. The number of H-pyrrole nitrogens is 1. The van der Waals surface area contributed by atoms with Crippen LogP contribution in [0.1, 0.15) is 6.42 Å². The number of ether oxygens (including phenoxy) is 1. The van der Waals surface area contributed by atoms with Crippen LogP contribution in [0.4, 0.5) is 24.5 Å². The highest BCUT2D eigenvalue weighted by Gasteiger charge is 2.36. The molecule has 1 fully saturated rings. The molecule has 3 aromatic rings. The summed E-state index contributed by atoms with van der Waals surface area (Å²) in [6.07, 6.45) is -3.69. The number of nitrogens with one attached hydrogen (secondary N) is 2. The highest BCUT2D eigenvalue weighted by molar-refractivity contribution is 6.04. The van der Waals surface area contributed by atoms with Gasteiger partial charge in [-0.3, -0.25) is 14.4 Å². The Morgan fingerprint density at radius 1 is 1.19 bits per heavy atom. The fourth-order valence-electron chi connectivity index (χ4n) is 3.37. The van der Waals surface area contributed by atoms with Crippen molar-refractivity contribution in [3.8, 4) is 5.75 Å². The van der Waals surface area contributed by atoms with Gasteiger partial charge in [-0.1, -0.05) is 6.07 Å². The van der Waals surface area contributed by atoms with E-state index in [1.165, 1.54) is 29.4 Å². The highest BCUT2D eigenvalue weighted by atomic mass is 19.4. The lowest BCUT2D eigenvalue weighted by molar-refractivity contribution is -0.274. The number of halogens is 3. The molecule has 160 valence electrons. The third-order valence-corrected chi connectivity index (χ3v) is 4.77. The van der Waals surface area contributed by atoms with E-state index in [9.17, 15) is 27.6 Å². The molecule has 1 aromatic heterocycles. The lowest BCUT2D eigenvalue weighted by Crippen LogP contribution is -2.28. The number of carbonyl (C=O) groups is 2. The quantitative estimate of drug-likeness (QED) is 0.660. The molecule has 31 heavy (non-hydrogen) atoms. The van der Waals surface area contributed by atoms with Gasteiger partial charge in [0, 0.05) is 30.4 Å². The molecule has 1 saturated heterocycles. The first kappa shape index (κ1) is 20.4. The molecule has 1 aliphatic rings. The number of alkyl halides is 3. The molecule has 0 bridgehead atoms. The van der Waals surface area contributed by atoms with Gasteiger partial charge in [0.2, 0.25) is 11.8 Å². The number of carbonyl (C=O) groups excluding carboxylic acids is 2. The Labute approximate surface area is 172 Å². The van der Waals surface area contributed by atoms with Crippen molar-refractivity contribution in [3.63, 3.8) is 0 Å². The van der Waals surface area contributed by atoms with Crippen LogP contribution in [-0.4, -0.2) is 34.7 Å². The summed E-state index contributed by atoms with van der Waals surface area (Å²) in [4.78, 5) is 44.6. The maximum Gasteiger partial charge on any atom is 0.573 e. The van der Waals surface area contributed by atoms with E-state index in [4.69, 9.17) is 0 Å². The first-order chi connectivity index (χ1) is 14.7. The molecular formula is C20H15F3N4O4. The second-order valence-corrected chi connectivity index (χ2v) is 6.90. The Kier molecular flexibility index (Phi) is 5.09. The number of aromatic nitrogens is 2. The topological polar surface area (TPSA) is 104 Å². The number of benzene rings is 2. The molecule has 0 aliphatic carbocycles. The molecule has 1 atom stereocenters. The Morgan fingerprint density at radius 3 is 2.77 bits per heavy atom. The average molecular weight is 432 g/mol. The summed E-state index contributed by atoms with van der Waals surface area (Å²) in [6.45, 7) is -0.00411. The van der Waals surface area contributed by atoms with Crippen molar-refractivity contribution in [2.45, 2.75) is 12.8 Å². The third-order valence-electron chi connectivity index (χ3n) is 4.77. The molecule has 2 amide bonds. The van der Waals surface area contributed by atoms with E-state index in [0.29, 0.717) is 16.6 Å². The summed E-state index contributed by atoms with van der Waals surface area (Å²) in [7, 11) is 0. The van der Waals surface area contributed by atoms with E-state index < -0.39 is 29.8 Å². The number of fused-ring (bicyclic) bond motifs is 1. The van der Waals surface area contributed by atoms with Crippen LogP contribution in [0.2, 0.25) is 0 Å². The van der Waals surface area contributed by atoms with Gasteiger partial charge in [-0.05, 0) is 30.3 Å². The molecule has 0 saturated carbocycles. The van der Waals surface area contributed by atoms with Crippen LogP contribution in [0.25, 0.3) is 10.9 Å². The zero-order chi connectivity index (χ0) is 22.2. The Morgan fingerprint density at radius 2 is 2.00 bits per heavy atom. The number of rotatable bonds is 4. The summed E-state index contributed by atoms with van der Waals surface area (Å²) < 4.78 is 41.2. The minimum Gasteiger partial charge on any atom is -0.406 e. The molecule has 1 aliphatic heterocycles. The highest BCUT2D eigenvalue weighted by Crippen LogP contribution is 2.31. The number of amides is 2. The molecular weight excluding hydrogens is 417 g/mol. The van der Waals surface area contributed by atoms with E-state index >= 15 is 0 Å². The SMILES string of the molecule is O=C(Nc1ccc2nc[nH]c(=O)c2c1)C1CC(=O)N(c2cccc(OC(F)(F)F)c2)C1. The van der Waals surface area contributed by atoms with Crippen LogP contribution in [0.3, 0.4) is 0 Å². The lowest BCUT2D eigenvalue weighted by Gasteiger charge is -2.18. The van der Waals surface area contributed by atoms with Gasteiger partial charge in [0.15, 0.2) is 0 Å². The maximum atomic E-state index is 12.6. The number of nitrogens with zero attached hydrogens (tertiary/aromatic N) is 2. The van der Waals surface area contributed by atoms with E-state index in [-0.39, 0.29) is 24.2 Å². The number of aromatic amines is 1. The summed E-state index contributed by atoms with van der Waals surface area (Å²) in [5.41, 5.74) is 0.669. The molecule has 2 heterocycles. The largest absolute Gasteiger partial charge is 0.573 e. The fourth-order valence-corrected chi connectivity index (χ4v) is 3.37. The lowest BCUT2D eigenvalue weighted by atomic mass is 10.1.